The molecular formula is C29H23N3O2. The summed E-state index contributed by atoms with van der Waals surface area (Å²) in [6.45, 7) is 4.87. The van der Waals surface area contributed by atoms with Crippen LogP contribution in [0.4, 0.5) is 11.5 Å². The van der Waals surface area contributed by atoms with E-state index >= 15 is 0 Å². The fourth-order valence-electron chi connectivity index (χ4n) is 4.55. The number of fused-ring (bicyclic) bond motifs is 3. The first-order valence-corrected chi connectivity index (χ1v) is 11.4. The SMILES string of the molecule is Cc1ccc2cc3c(nc2c1)N(c1ccc(C(=O)Oc2cccc4ccc(C)nc24)cc1)CC3. The van der Waals surface area contributed by atoms with Gasteiger partial charge >= 0.3 is 5.97 Å². The molecule has 0 amide bonds. The number of rotatable bonds is 3. The number of aryl methyl sites for hydroxylation is 2. The van der Waals surface area contributed by atoms with Crippen LogP contribution in [0.1, 0.15) is 27.2 Å². The molecule has 1 aliphatic heterocycles. The van der Waals surface area contributed by atoms with Gasteiger partial charge in [0.2, 0.25) is 0 Å². The molecule has 0 fully saturated rings. The van der Waals surface area contributed by atoms with E-state index in [1.54, 1.807) is 6.07 Å². The van der Waals surface area contributed by atoms with Crippen LogP contribution in [-0.2, 0) is 6.42 Å². The largest absolute Gasteiger partial charge is 0.421 e. The van der Waals surface area contributed by atoms with E-state index in [9.17, 15) is 4.79 Å². The number of para-hydroxylation sites is 1. The Kier molecular flexibility index (Phi) is 4.77. The van der Waals surface area contributed by atoms with Gasteiger partial charge in [0.25, 0.3) is 0 Å². The fraction of sp³-hybridized carbons (Fsp3) is 0.138. The Morgan fingerprint density at radius 3 is 2.56 bits per heavy atom. The molecule has 0 saturated heterocycles. The maximum absolute atomic E-state index is 12.9. The molecule has 34 heavy (non-hydrogen) atoms. The highest BCUT2D eigenvalue weighted by atomic mass is 16.5. The summed E-state index contributed by atoms with van der Waals surface area (Å²) in [7, 11) is 0. The van der Waals surface area contributed by atoms with Gasteiger partial charge in [0.15, 0.2) is 5.75 Å². The number of benzene rings is 3. The van der Waals surface area contributed by atoms with Crippen molar-refractivity contribution < 1.29 is 9.53 Å². The molecule has 5 heteroatoms. The summed E-state index contributed by atoms with van der Waals surface area (Å²) in [6.07, 6.45) is 0.948. The quantitative estimate of drug-likeness (QED) is 0.240. The van der Waals surface area contributed by atoms with Crippen LogP contribution in [0.2, 0.25) is 0 Å². The Labute approximate surface area is 197 Å². The standard InChI is InChI=1S/C29H23N3O2/c1-18-6-8-22-17-23-14-15-32(28(23)31-25(22)16-18)24-12-10-21(11-13-24)29(33)34-26-5-3-4-20-9-7-19(2)30-27(20)26/h3-13,16-17H,14-15H2,1-2H3. The first-order chi connectivity index (χ1) is 16.5. The Morgan fingerprint density at radius 1 is 0.882 bits per heavy atom. The molecule has 0 aliphatic carbocycles. The first kappa shape index (κ1) is 20.4. The van der Waals surface area contributed by atoms with Gasteiger partial charge in [-0.3, -0.25) is 0 Å². The molecule has 3 heterocycles. The molecule has 6 rings (SSSR count). The van der Waals surface area contributed by atoms with E-state index in [0.29, 0.717) is 16.8 Å². The van der Waals surface area contributed by atoms with E-state index in [2.05, 4.69) is 41.1 Å². The van der Waals surface area contributed by atoms with Crippen LogP contribution in [-0.4, -0.2) is 22.5 Å². The average molecular weight is 446 g/mol. The average Bonchev–Trinajstić information content (AvgIpc) is 3.25. The minimum absolute atomic E-state index is 0.399. The highest BCUT2D eigenvalue weighted by Gasteiger charge is 2.23. The predicted molar refractivity (Wildman–Crippen MR) is 135 cm³/mol. The van der Waals surface area contributed by atoms with Gasteiger partial charge < -0.3 is 9.64 Å². The zero-order valence-corrected chi connectivity index (χ0v) is 19.1. The third-order valence-corrected chi connectivity index (χ3v) is 6.33. The Hall–Kier alpha value is -4.25. The molecular weight excluding hydrogens is 422 g/mol. The van der Waals surface area contributed by atoms with E-state index in [1.165, 1.54) is 16.5 Å². The highest BCUT2D eigenvalue weighted by molar-refractivity contribution is 5.95. The third-order valence-electron chi connectivity index (χ3n) is 6.33. The van der Waals surface area contributed by atoms with Crippen molar-refractivity contribution in [1.29, 1.82) is 0 Å². The number of pyridine rings is 2. The zero-order valence-electron chi connectivity index (χ0n) is 19.1. The monoisotopic (exact) mass is 445 g/mol. The number of hydrogen-bond acceptors (Lipinski definition) is 5. The smallest absolute Gasteiger partial charge is 0.343 e. The summed E-state index contributed by atoms with van der Waals surface area (Å²) in [5.41, 5.74) is 6.52. The lowest BCUT2D eigenvalue weighted by Crippen LogP contribution is -2.15. The molecule has 2 aromatic heterocycles. The van der Waals surface area contributed by atoms with E-state index in [1.807, 2.05) is 55.5 Å². The van der Waals surface area contributed by atoms with Gasteiger partial charge in [-0.2, -0.15) is 0 Å². The summed E-state index contributed by atoms with van der Waals surface area (Å²) in [6, 6.07) is 25.7. The molecule has 0 atom stereocenters. The minimum Gasteiger partial charge on any atom is -0.421 e. The number of aromatic nitrogens is 2. The molecule has 0 N–H and O–H groups in total. The molecule has 0 radical (unpaired) electrons. The lowest BCUT2D eigenvalue weighted by molar-refractivity contribution is 0.0737. The highest BCUT2D eigenvalue weighted by Crippen LogP contribution is 2.35. The van der Waals surface area contributed by atoms with E-state index in [0.717, 1.165) is 41.1 Å². The summed E-state index contributed by atoms with van der Waals surface area (Å²) < 4.78 is 5.72. The normalized spacial score (nSPS) is 12.8. The summed E-state index contributed by atoms with van der Waals surface area (Å²) >= 11 is 0. The van der Waals surface area contributed by atoms with Crippen LogP contribution in [0.15, 0.2) is 78.9 Å². The summed E-state index contributed by atoms with van der Waals surface area (Å²) in [4.78, 5) is 24.6. The van der Waals surface area contributed by atoms with Gasteiger partial charge in [0.1, 0.15) is 11.3 Å². The van der Waals surface area contributed by atoms with E-state index in [4.69, 9.17) is 9.72 Å². The van der Waals surface area contributed by atoms with Crippen LogP contribution in [0.25, 0.3) is 21.8 Å². The number of carbonyl (C=O) groups is 1. The van der Waals surface area contributed by atoms with Gasteiger partial charge in [-0.25, -0.2) is 14.8 Å². The van der Waals surface area contributed by atoms with Crippen molar-refractivity contribution in [3.63, 3.8) is 0 Å². The maximum atomic E-state index is 12.9. The van der Waals surface area contributed by atoms with Crippen LogP contribution < -0.4 is 9.64 Å². The molecule has 0 spiro atoms. The topological polar surface area (TPSA) is 55.3 Å². The molecule has 0 unspecified atom stereocenters. The van der Waals surface area contributed by atoms with Crippen LogP contribution >= 0.6 is 0 Å². The molecule has 0 bridgehead atoms. The Morgan fingerprint density at radius 2 is 1.71 bits per heavy atom. The summed E-state index contributed by atoms with van der Waals surface area (Å²) in [5.74, 6) is 1.06. The van der Waals surface area contributed by atoms with Crippen molar-refractivity contribution >= 4 is 39.3 Å². The first-order valence-electron chi connectivity index (χ1n) is 11.4. The number of ether oxygens (including phenoxy) is 1. The Bertz CT molecular complexity index is 1570. The molecule has 0 saturated carbocycles. The third kappa shape index (κ3) is 3.55. The number of carbonyl (C=O) groups excluding carboxylic acids is 1. The van der Waals surface area contributed by atoms with Crippen molar-refractivity contribution in [3.8, 4) is 5.75 Å². The Balaban J connectivity index is 1.27. The molecule has 166 valence electrons. The lowest BCUT2D eigenvalue weighted by Gasteiger charge is -2.19. The molecule has 3 aromatic carbocycles. The van der Waals surface area contributed by atoms with Crippen molar-refractivity contribution in [2.24, 2.45) is 0 Å². The molecule has 1 aliphatic rings. The van der Waals surface area contributed by atoms with Gasteiger partial charge in [0, 0.05) is 28.7 Å². The molecule has 5 nitrogen and oxygen atoms in total. The van der Waals surface area contributed by atoms with Gasteiger partial charge in [-0.15, -0.1) is 0 Å². The number of nitrogens with zero attached hydrogens (tertiary/aromatic N) is 3. The van der Waals surface area contributed by atoms with Gasteiger partial charge in [0.05, 0.1) is 11.1 Å². The number of anilines is 2. The predicted octanol–water partition coefficient (Wildman–Crippen LogP) is 6.31. The van der Waals surface area contributed by atoms with Crippen molar-refractivity contribution in [3.05, 3.63) is 101 Å². The van der Waals surface area contributed by atoms with Crippen LogP contribution in [0, 0.1) is 13.8 Å². The second-order valence-corrected chi connectivity index (χ2v) is 8.79. The second kappa shape index (κ2) is 7.96. The van der Waals surface area contributed by atoms with Gasteiger partial charge in [-0.05, 0) is 79.9 Å². The van der Waals surface area contributed by atoms with Crippen molar-refractivity contribution in [1.82, 2.24) is 9.97 Å². The lowest BCUT2D eigenvalue weighted by atomic mass is 10.1. The maximum Gasteiger partial charge on any atom is 0.343 e. The summed E-state index contributed by atoms with van der Waals surface area (Å²) in [5, 5.41) is 2.11. The zero-order chi connectivity index (χ0) is 23.2. The van der Waals surface area contributed by atoms with Crippen LogP contribution in [0.3, 0.4) is 0 Å². The fourth-order valence-corrected chi connectivity index (χ4v) is 4.55. The van der Waals surface area contributed by atoms with Crippen molar-refractivity contribution in [2.75, 3.05) is 11.4 Å². The number of esters is 1. The molecule has 5 aromatic rings. The van der Waals surface area contributed by atoms with Gasteiger partial charge in [-0.1, -0.05) is 30.3 Å². The van der Waals surface area contributed by atoms with E-state index < -0.39 is 5.97 Å². The minimum atomic E-state index is -0.399. The second-order valence-electron chi connectivity index (χ2n) is 8.79. The van der Waals surface area contributed by atoms with Crippen LogP contribution in [0.5, 0.6) is 5.75 Å². The number of hydrogen-bond donors (Lipinski definition) is 0. The van der Waals surface area contributed by atoms with Crippen molar-refractivity contribution in [2.45, 2.75) is 20.3 Å². The van der Waals surface area contributed by atoms with E-state index in [-0.39, 0.29) is 0 Å².